The van der Waals surface area contributed by atoms with Crippen LogP contribution in [0.4, 0.5) is 0 Å². The summed E-state index contributed by atoms with van der Waals surface area (Å²) in [5.41, 5.74) is 2.25. The summed E-state index contributed by atoms with van der Waals surface area (Å²) in [5.74, 6) is 2.47. The van der Waals surface area contributed by atoms with E-state index in [0.29, 0.717) is 12.1 Å². The van der Waals surface area contributed by atoms with Crippen molar-refractivity contribution in [3.05, 3.63) is 53.9 Å². The minimum absolute atomic E-state index is 0.479. The Kier molecular flexibility index (Phi) is 4.62. The number of fused-ring (bicyclic) bond motifs is 2. The molecule has 4 nitrogen and oxygen atoms in total. The Labute approximate surface area is 149 Å². The number of nitrogens with zero attached hydrogens (tertiary/aromatic N) is 2. The van der Waals surface area contributed by atoms with Gasteiger partial charge < -0.3 is 9.47 Å². The zero-order valence-electron chi connectivity index (χ0n) is 15.0. The lowest BCUT2D eigenvalue weighted by atomic mass is 9.99. The van der Waals surface area contributed by atoms with Crippen molar-refractivity contribution in [2.24, 2.45) is 5.92 Å². The van der Waals surface area contributed by atoms with E-state index in [1.54, 1.807) is 7.11 Å². The molecule has 25 heavy (non-hydrogen) atoms. The number of rotatable bonds is 6. The molecule has 1 saturated heterocycles. The second kappa shape index (κ2) is 7.04. The summed E-state index contributed by atoms with van der Waals surface area (Å²) >= 11 is 0. The number of benzene rings is 1. The summed E-state index contributed by atoms with van der Waals surface area (Å²) in [6, 6.07) is 15.3. The lowest BCUT2D eigenvalue weighted by molar-refractivity contribution is 0.0855. The first-order valence-corrected chi connectivity index (χ1v) is 9.18. The maximum atomic E-state index is 6.13. The van der Waals surface area contributed by atoms with Crippen LogP contribution in [0.15, 0.2) is 42.5 Å². The van der Waals surface area contributed by atoms with E-state index in [-0.39, 0.29) is 0 Å². The Bertz CT molecular complexity index is 733. The molecule has 0 N–H and O–H groups in total. The van der Waals surface area contributed by atoms with E-state index in [0.717, 1.165) is 36.3 Å². The molecule has 2 heterocycles. The summed E-state index contributed by atoms with van der Waals surface area (Å²) in [6.07, 6.45) is 3.94. The number of aromatic nitrogens is 1. The van der Waals surface area contributed by atoms with Gasteiger partial charge in [-0.05, 0) is 56.4 Å². The third-order valence-electron chi connectivity index (χ3n) is 5.64. The summed E-state index contributed by atoms with van der Waals surface area (Å²) < 4.78 is 11.4. The second-order valence-electron chi connectivity index (χ2n) is 7.23. The van der Waals surface area contributed by atoms with E-state index in [4.69, 9.17) is 14.5 Å². The molecule has 1 saturated carbocycles. The number of hydrogen-bond acceptors (Lipinski definition) is 4. The molecule has 4 heteroatoms. The normalized spacial score (nSPS) is 25.3. The zero-order valence-corrected chi connectivity index (χ0v) is 15.0. The van der Waals surface area contributed by atoms with E-state index < -0.39 is 0 Å². The molecule has 2 aliphatic rings. The fourth-order valence-electron chi connectivity index (χ4n) is 4.41. The predicted molar refractivity (Wildman–Crippen MR) is 97.9 cm³/mol. The van der Waals surface area contributed by atoms with Gasteiger partial charge in [0.15, 0.2) is 0 Å². The van der Waals surface area contributed by atoms with Crippen LogP contribution in [0.1, 0.15) is 30.7 Å². The van der Waals surface area contributed by atoms with Gasteiger partial charge >= 0.3 is 0 Å². The van der Waals surface area contributed by atoms with Gasteiger partial charge in [-0.2, -0.15) is 0 Å². The van der Waals surface area contributed by atoms with Crippen LogP contribution in [0.25, 0.3) is 0 Å². The average Bonchev–Trinajstić information content (AvgIpc) is 3.22. The van der Waals surface area contributed by atoms with Crippen molar-refractivity contribution in [2.45, 2.75) is 44.8 Å². The number of methoxy groups -OCH3 is 1. The molecule has 0 radical (unpaired) electrons. The Morgan fingerprint density at radius 3 is 2.80 bits per heavy atom. The number of hydrogen-bond donors (Lipinski definition) is 0. The minimum atomic E-state index is 0.479. The fraction of sp³-hybridized carbons (Fsp3) is 0.476. The Hall–Kier alpha value is -2.07. The van der Waals surface area contributed by atoms with Crippen molar-refractivity contribution in [3.8, 4) is 11.5 Å². The van der Waals surface area contributed by atoms with Gasteiger partial charge in [-0.25, -0.2) is 0 Å². The minimum Gasteiger partial charge on any atom is -0.497 e. The molecule has 0 spiro atoms. The Morgan fingerprint density at radius 1 is 1.12 bits per heavy atom. The van der Waals surface area contributed by atoms with E-state index >= 15 is 0 Å². The molecule has 4 rings (SSSR count). The maximum absolute atomic E-state index is 6.13. The number of piperidine rings is 1. The summed E-state index contributed by atoms with van der Waals surface area (Å²) in [4.78, 5) is 7.32. The van der Waals surface area contributed by atoms with E-state index in [2.05, 4.69) is 30.0 Å². The van der Waals surface area contributed by atoms with Gasteiger partial charge in [0, 0.05) is 30.4 Å². The highest BCUT2D eigenvalue weighted by atomic mass is 16.5. The summed E-state index contributed by atoms with van der Waals surface area (Å²) in [7, 11) is 1.69. The SMILES string of the molecule is COc1cccc(OC[C@H]2C3CCC(C3)N2Cc2cccc(C)n2)c1. The van der Waals surface area contributed by atoms with Crippen LogP contribution < -0.4 is 9.47 Å². The van der Waals surface area contributed by atoms with Crippen LogP contribution in [0.2, 0.25) is 0 Å². The van der Waals surface area contributed by atoms with Gasteiger partial charge in [0.2, 0.25) is 0 Å². The molecule has 3 atom stereocenters. The van der Waals surface area contributed by atoms with Gasteiger partial charge in [0.05, 0.1) is 12.8 Å². The van der Waals surface area contributed by atoms with Gasteiger partial charge in [-0.15, -0.1) is 0 Å². The lowest BCUT2D eigenvalue weighted by Gasteiger charge is -2.35. The van der Waals surface area contributed by atoms with Crippen LogP contribution in [-0.2, 0) is 6.54 Å². The van der Waals surface area contributed by atoms with Crippen LogP contribution in [0, 0.1) is 12.8 Å². The van der Waals surface area contributed by atoms with E-state index in [1.807, 2.05) is 24.3 Å². The zero-order chi connectivity index (χ0) is 17.2. The highest BCUT2D eigenvalue weighted by Crippen LogP contribution is 2.43. The van der Waals surface area contributed by atoms with Gasteiger partial charge in [0.1, 0.15) is 18.1 Å². The number of pyridine rings is 1. The molecule has 132 valence electrons. The Morgan fingerprint density at radius 2 is 1.96 bits per heavy atom. The van der Waals surface area contributed by atoms with Gasteiger partial charge in [-0.1, -0.05) is 12.1 Å². The van der Waals surface area contributed by atoms with Crippen molar-refractivity contribution < 1.29 is 9.47 Å². The van der Waals surface area contributed by atoms with Crippen molar-refractivity contribution in [1.29, 1.82) is 0 Å². The average molecular weight is 338 g/mol. The van der Waals surface area contributed by atoms with Gasteiger partial charge in [-0.3, -0.25) is 9.88 Å². The third-order valence-corrected chi connectivity index (χ3v) is 5.64. The number of ether oxygens (including phenoxy) is 2. The molecule has 2 unspecified atom stereocenters. The van der Waals surface area contributed by atoms with E-state index in [1.165, 1.54) is 25.0 Å². The Balaban J connectivity index is 1.45. The van der Waals surface area contributed by atoms with E-state index in [9.17, 15) is 0 Å². The van der Waals surface area contributed by atoms with Crippen LogP contribution >= 0.6 is 0 Å². The molecule has 2 aromatic rings. The summed E-state index contributed by atoms with van der Waals surface area (Å²) in [5, 5.41) is 0. The molecule has 2 bridgehead atoms. The summed E-state index contributed by atoms with van der Waals surface area (Å²) in [6.45, 7) is 3.72. The predicted octanol–water partition coefficient (Wildman–Crippen LogP) is 3.83. The van der Waals surface area contributed by atoms with Crippen molar-refractivity contribution in [1.82, 2.24) is 9.88 Å². The first kappa shape index (κ1) is 16.4. The topological polar surface area (TPSA) is 34.6 Å². The smallest absolute Gasteiger partial charge is 0.123 e. The highest BCUT2D eigenvalue weighted by Gasteiger charge is 2.46. The standard InChI is InChI=1S/C21H26N2O2/c1-15-5-3-6-17(22-15)13-23-18-10-9-16(11-18)21(23)14-25-20-8-4-7-19(12-20)24-2/h3-8,12,16,18,21H,9-11,13-14H2,1-2H3/t16?,18?,21-/m0/s1. The largest absolute Gasteiger partial charge is 0.497 e. The van der Waals surface area contributed by atoms with Gasteiger partial charge in [0.25, 0.3) is 0 Å². The fourth-order valence-corrected chi connectivity index (χ4v) is 4.41. The maximum Gasteiger partial charge on any atom is 0.123 e. The first-order chi connectivity index (χ1) is 12.2. The third kappa shape index (κ3) is 3.49. The van der Waals surface area contributed by atoms with Crippen molar-refractivity contribution in [2.75, 3.05) is 13.7 Å². The molecule has 1 aliphatic carbocycles. The highest BCUT2D eigenvalue weighted by molar-refractivity contribution is 5.32. The molecular weight excluding hydrogens is 312 g/mol. The number of likely N-dealkylation sites (tertiary alicyclic amines) is 1. The van der Waals surface area contributed by atoms with Crippen molar-refractivity contribution >= 4 is 0 Å². The molecule has 2 fully saturated rings. The molecule has 0 amide bonds. The van der Waals surface area contributed by atoms with Crippen LogP contribution in [0.5, 0.6) is 11.5 Å². The quantitative estimate of drug-likeness (QED) is 0.802. The molecule has 1 aliphatic heterocycles. The van der Waals surface area contributed by atoms with Crippen molar-refractivity contribution in [3.63, 3.8) is 0 Å². The molecule has 1 aromatic heterocycles. The second-order valence-corrected chi connectivity index (χ2v) is 7.23. The first-order valence-electron chi connectivity index (χ1n) is 9.18. The monoisotopic (exact) mass is 338 g/mol. The van der Waals surface area contributed by atoms with Crippen LogP contribution in [0.3, 0.4) is 0 Å². The number of aryl methyl sites for hydroxylation is 1. The van der Waals surface area contributed by atoms with Crippen LogP contribution in [-0.4, -0.2) is 35.7 Å². The molecule has 1 aromatic carbocycles. The molecular formula is C21H26N2O2. The lowest BCUT2D eigenvalue weighted by Crippen LogP contribution is -2.43.